The summed E-state index contributed by atoms with van der Waals surface area (Å²) in [5.41, 5.74) is 11.3. The summed E-state index contributed by atoms with van der Waals surface area (Å²) in [6.07, 6.45) is -13.5. The number of nitrogens with two attached hydrogens (primary N) is 2. The van der Waals surface area contributed by atoms with Gasteiger partial charge in [0.05, 0.1) is 11.3 Å². The van der Waals surface area contributed by atoms with Crippen LogP contribution in [0.1, 0.15) is 17.2 Å². The van der Waals surface area contributed by atoms with Gasteiger partial charge >= 0.3 is 18.5 Å². The van der Waals surface area contributed by atoms with Gasteiger partial charge in [-0.2, -0.15) is 18.2 Å². The number of hydrogen-bond acceptors (Lipinski definition) is 7. The first-order valence-corrected chi connectivity index (χ1v) is 12.1. The lowest BCUT2D eigenvalue weighted by Crippen LogP contribution is -2.32. The molecule has 5 N–H and O–H groups in total. The second-order valence-electron chi connectivity index (χ2n) is 8.97. The quantitative estimate of drug-likeness (QED) is 0.204. The van der Waals surface area contributed by atoms with Gasteiger partial charge in [0.2, 0.25) is 17.9 Å². The van der Waals surface area contributed by atoms with Crippen LogP contribution >= 0.6 is 0 Å². The van der Waals surface area contributed by atoms with Crippen LogP contribution in [-0.2, 0) is 11.2 Å². The number of anilines is 1. The number of benzene rings is 3. The molecule has 0 aliphatic rings. The minimum Gasteiger partial charge on any atom is -0.480 e. The molecule has 4 aromatic rings. The van der Waals surface area contributed by atoms with Gasteiger partial charge in [-0.05, 0) is 29.2 Å². The Morgan fingerprint density at radius 3 is 2.14 bits per heavy atom. The predicted octanol–water partition coefficient (Wildman–Crippen LogP) is 5.93. The van der Waals surface area contributed by atoms with E-state index in [9.17, 15) is 31.1 Å². The minimum absolute atomic E-state index is 0.0201. The molecule has 4 rings (SSSR count). The first-order valence-electron chi connectivity index (χ1n) is 12.1. The third-order valence-corrected chi connectivity index (χ3v) is 5.92. The average Bonchev–Trinajstić information content (AvgIpc) is 2.91. The number of nitrogens with zero attached hydrogens (tertiary/aromatic N) is 2. The molecule has 0 fully saturated rings. The number of aromatic nitrogens is 2. The molecule has 0 saturated heterocycles. The standard InChI is InChI=1S/C28H22F6N4O4/c29-27(30,31)24(23-18(16-5-2-1-3-6-16)7-4-8-21(23)42-28(32,33)34)41-22-14-20(37-26(36)38-22)17-11-9-15(10-12-17)13-19(35)25(39)40/h1-12,14,19,24H,13,35H2,(H,39,40)(H2,36,37,38). The van der Waals surface area contributed by atoms with E-state index >= 15 is 0 Å². The van der Waals surface area contributed by atoms with Gasteiger partial charge in [0, 0.05) is 11.6 Å². The Kier molecular flexibility index (Phi) is 8.56. The first-order chi connectivity index (χ1) is 19.7. The van der Waals surface area contributed by atoms with E-state index in [1.54, 1.807) is 18.2 Å². The van der Waals surface area contributed by atoms with E-state index in [1.807, 2.05) is 0 Å². The Morgan fingerprint density at radius 2 is 1.55 bits per heavy atom. The minimum atomic E-state index is -5.30. The fourth-order valence-electron chi connectivity index (χ4n) is 4.11. The van der Waals surface area contributed by atoms with Crippen molar-refractivity contribution in [3.8, 4) is 34.0 Å². The Morgan fingerprint density at radius 1 is 0.881 bits per heavy atom. The second-order valence-corrected chi connectivity index (χ2v) is 8.97. The third kappa shape index (κ3) is 7.46. The third-order valence-electron chi connectivity index (χ3n) is 5.92. The van der Waals surface area contributed by atoms with E-state index in [0.29, 0.717) is 11.1 Å². The zero-order valence-corrected chi connectivity index (χ0v) is 21.4. The maximum Gasteiger partial charge on any atom is 0.573 e. The van der Waals surface area contributed by atoms with Crippen molar-refractivity contribution in [3.05, 3.63) is 90.0 Å². The molecule has 1 aromatic heterocycles. The summed E-state index contributed by atoms with van der Waals surface area (Å²) >= 11 is 0. The van der Waals surface area contributed by atoms with Crippen LogP contribution in [0.3, 0.4) is 0 Å². The van der Waals surface area contributed by atoms with E-state index in [2.05, 4.69) is 14.7 Å². The van der Waals surface area contributed by atoms with Crippen molar-refractivity contribution in [3.63, 3.8) is 0 Å². The van der Waals surface area contributed by atoms with Gasteiger partial charge in [-0.15, -0.1) is 13.2 Å². The fraction of sp³-hybridized carbons (Fsp3) is 0.179. The van der Waals surface area contributed by atoms with Crippen molar-refractivity contribution in [1.29, 1.82) is 0 Å². The molecule has 0 bridgehead atoms. The molecule has 42 heavy (non-hydrogen) atoms. The molecule has 8 nitrogen and oxygen atoms in total. The first kappa shape index (κ1) is 30.1. The summed E-state index contributed by atoms with van der Waals surface area (Å²) in [5, 5.41) is 8.99. The topological polar surface area (TPSA) is 134 Å². The Hall–Kier alpha value is -4.85. The maximum atomic E-state index is 14.5. The van der Waals surface area contributed by atoms with Gasteiger partial charge in [0.25, 0.3) is 0 Å². The van der Waals surface area contributed by atoms with E-state index < -0.39 is 53.8 Å². The highest BCUT2D eigenvalue weighted by Gasteiger charge is 2.47. The highest BCUT2D eigenvalue weighted by atomic mass is 19.4. The van der Waals surface area contributed by atoms with Crippen molar-refractivity contribution in [2.24, 2.45) is 5.73 Å². The molecule has 2 unspecified atom stereocenters. The molecule has 14 heteroatoms. The van der Waals surface area contributed by atoms with Gasteiger partial charge in [0.15, 0.2) is 0 Å². The number of halogens is 6. The number of carboxylic acids is 1. The number of rotatable bonds is 9. The van der Waals surface area contributed by atoms with Crippen LogP contribution in [-0.4, -0.2) is 39.6 Å². The number of carbonyl (C=O) groups is 1. The molecule has 0 aliphatic carbocycles. The molecule has 0 aliphatic heterocycles. The van der Waals surface area contributed by atoms with Crippen molar-refractivity contribution in [2.75, 3.05) is 5.73 Å². The molecule has 0 radical (unpaired) electrons. The number of alkyl halides is 6. The summed E-state index contributed by atoms with van der Waals surface area (Å²) < 4.78 is 92.6. The van der Waals surface area contributed by atoms with E-state index in [4.69, 9.17) is 21.3 Å². The van der Waals surface area contributed by atoms with Crippen LogP contribution in [0.15, 0.2) is 78.9 Å². The highest BCUT2D eigenvalue weighted by Crippen LogP contribution is 2.46. The number of nitrogen functional groups attached to an aromatic ring is 1. The van der Waals surface area contributed by atoms with Gasteiger partial charge in [-0.25, -0.2) is 4.98 Å². The van der Waals surface area contributed by atoms with Crippen molar-refractivity contribution in [1.82, 2.24) is 9.97 Å². The lowest BCUT2D eigenvalue weighted by Gasteiger charge is -2.26. The smallest absolute Gasteiger partial charge is 0.480 e. The van der Waals surface area contributed by atoms with Crippen LogP contribution < -0.4 is 20.9 Å². The molecule has 3 aromatic carbocycles. The lowest BCUT2D eigenvalue weighted by molar-refractivity contribution is -0.276. The molecule has 220 valence electrons. The molecule has 1 heterocycles. The van der Waals surface area contributed by atoms with E-state index in [-0.39, 0.29) is 23.2 Å². The monoisotopic (exact) mass is 592 g/mol. The predicted molar refractivity (Wildman–Crippen MR) is 139 cm³/mol. The fourth-order valence-corrected chi connectivity index (χ4v) is 4.11. The highest BCUT2D eigenvalue weighted by molar-refractivity contribution is 5.74. The van der Waals surface area contributed by atoms with Gasteiger partial charge in [0.1, 0.15) is 11.8 Å². The summed E-state index contributed by atoms with van der Waals surface area (Å²) in [6, 6.07) is 16.6. The zero-order chi connectivity index (χ0) is 30.7. The lowest BCUT2D eigenvalue weighted by atomic mass is 9.94. The maximum absolute atomic E-state index is 14.5. The molecule has 2 atom stereocenters. The summed E-state index contributed by atoms with van der Waals surface area (Å²) in [6.45, 7) is 0. The van der Waals surface area contributed by atoms with Crippen LogP contribution in [0.4, 0.5) is 32.3 Å². The SMILES string of the molecule is Nc1nc(OC(c2c(OC(F)(F)F)cccc2-c2ccccc2)C(F)(F)F)cc(-c2ccc(CC(N)C(=O)O)cc2)n1. The van der Waals surface area contributed by atoms with E-state index in [0.717, 1.165) is 18.2 Å². The van der Waals surface area contributed by atoms with Crippen molar-refractivity contribution in [2.45, 2.75) is 31.1 Å². The molecular formula is C28H22F6N4O4. The average molecular weight is 592 g/mol. The normalized spacial score (nSPS) is 13.3. The molecule has 0 amide bonds. The molecule has 0 saturated carbocycles. The van der Waals surface area contributed by atoms with Gasteiger partial charge < -0.3 is 26.0 Å². The summed E-state index contributed by atoms with van der Waals surface area (Å²) in [7, 11) is 0. The number of aliphatic carboxylic acids is 1. The van der Waals surface area contributed by atoms with Gasteiger partial charge in [-0.1, -0.05) is 66.7 Å². The second kappa shape index (κ2) is 11.9. The Labute approximate surface area is 234 Å². The molecule has 0 spiro atoms. The largest absolute Gasteiger partial charge is 0.573 e. The van der Waals surface area contributed by atoms with E-state index in [1.165, 1.54) is 42.5 Å². The summed E-state index contributed by atoms with van der Waals surface area (Å²) in [5.74, 6) is -3.44. The van der Waals surface area contributed by atoms with Gasteiger partial charge in [-0.3, -0.25) is 4.79 Å². The Bertz CT molecular complexity index is 1550. The van der Waals surface area contributed by atoms with Crippen LogP contribution in [0.5, 0.6) is 11.6 Å². The number of ether oxygens (including phenoxy) is 2. The summed E-state index contributed by atoms with van der Waals surface area (Å²) in [4.78, 5) is 18.7. The van der Waals surface area contributed by atoms with Crippen molar-refractivity contribution < 1.29 is 45.7 Å². The zero-order valence-electron chi connectivity index (χ0n) is 21.4. The molecular weight excluding hydrogens is 570 g/mol. The number of hydrogen-bond donors (Lipinski definition) is 3. The van der Waals surface area contributed by atoms with Crippen LogP contribution in [0.2, 0.25) is 0 Å². The Balaban J connectivity index is 1.77. The van der Waals surface area contributed by atoms with Crippen LogP contribution in [0.25, 0.3) is 22.4 Å². The van der Waals surface area contributed by atoms with Crippen molar-refractivity contribution >= 4 is 11.9 Å². The number of carboxylic acid groups (broad SMARTS) is 1. The van der Waals surface area contributed by atoms with Crippen LogP contribution in [0, 0.1) is 0 Å².